The van der Waals surface area contributed by atoms with Crippen molar-refractivity contribution in [1.29, 1.82) is 0 Å². The van der Waals surface area contributed by atoms with Crippen LogP contribution in [0.15, 0.2) is 54.6 Å². The first kappa shape index (κ1) is 15.9. The van der Waals surface area contributed by atoms with Crippen molar-refractivity contribution in [2.45, 2.75) is 6.92 Å². The van der Waals surface area contributed by atoms with Gasteiger partial charge in [-0.25, -0.2) is 0 Å². The van der Waals surface area contributed by atoms with Crippen molar-refractivity contribution in [3.05, 3.63) is 70.0 Å². The van der Waals surface area contributed by atoms with Gasteiger partial charge in [0.15, 0.2) is 10.6 Å². The fraction of sp³-hybridized carbons (Fsp3) is 0.0526. The lowest BCUT2D eigenvalue weighted by atomic mass is 10.1. The van der Waals surface area contributed by atoms with E-state index in [0.717, 1.165) is 22.0 Å². The van der Waals surface area contributed by atoms with E-state index in [4.69, 9.17) is 23.8 Å². The topological polar surface area (TPSA) is 53.8 Å². The van der Waals surface area contributed by atoms with Gasteiger partial charge in [-0.05, 0) is 49.0 Å². The van der Waals surface area contributed by atoms with Crippen LogP contribution in [0.25, 0.3) is 27.8 Å². The van der Waals surface area contributed by atoms with Gasteiger partial charge in [0, 0.05) is 15.8 Å². The average Bonchev–Trinajstić information content (AvgIpc) is 2.97. The number of aromatic nitrogens is 3. The summed E-state index contributed by atoms with van der Waals surface area (Å²) < 4.78 is 2.26. The first-order valence-electron chi connectivity index (χ1n) is 7.71. The molecule has 4 rings (SSSR count). The lowest BCUT2D eigenvalue weighted by Gasteiger charge is -2.12. The van der Waals surface area contributed by atoms with Crippen molar-refractivity contribution < 1.29 is 5.11 Å². The SMILES string of the molecule is Cc1ccc(-c2n[nH]c(=S)n2-c2ccc(Cl)c3ccccc23)c(O)c1. The minimum Gasteiger partial charge on any atom is -0.507 e. The second-order valence-electron chi connectivity index (χ2n) is 5.82. The number of benzene rings is 3. The molecule has 0 saturated heterocycles. The second-order valence-corrected chi connectivity index (χ2v) is 6.61. The van der Waals surface area contributed by atoms with Gasteiger partial charge >= 0.3 is 0 Å². The monoisotopic (exact) mass is 367 g/mol. The van der Waals surface area contributed by atoms with Gasteiger partial charge in [0.25, 0.3) is 0 Å². The van der Waals surface area contributed by atoms with E-state index in [1.54, 1.807) is 6.07 Å². The van der Waals surface area contributed by atoms with Crippen LogP contribution >= 0.6 is 23.8 Å². The number of rotatable bonds is 2. The number of H-pyrrole nitrogens is 1. The minimum absolute atomic E-state index is 0.161. The Morgan fingerprint density at radius 1 is 1.08 bits per heavy atom. The summed E-state index contributed by atoms with van der Waals surface area (Å²) in [6.07, 6.45) is 0. The first-order chi connectivity index (χ1) is 12.1. The molecule has 1 aromatic heterocycles. The molecule has 25 heavy (non-hydrogen) atoms. The van der Waals surface area contributed by atoms with Crippen molar-refractivity contribution in [1.82, 2.24) is 14.8 Å². The van der Waals surface area contributed by atoms with Gasteiger partial charge in [0.05, 0.1) is 11.3 Å². The van der Waals surface area contributed by atoms with Crippen molar-refractivity contribution in [3.8, 4) is 22.8 Å². The van der Waals surface area contributed by atoms with Crippen molar-refractivity contribution in [2.75, 3.05) is 0 Å². The number of hydrogen-bond donors (Lipinski definition) is 2. The smallest absolute Gasteiger partial charge is 0.200 e. The molecule has 4 aromatic rings. The molecule has 0 unspecified atom stereocenters. The van der Waals surface area contributed by atoms with Crippen LogP contribution in [0.5, 0.6) is 5.75 Å². The summed E-state index contributed by atoms with van der Waals surface area (Å²) in [6.45, 7) is 1.92. The van der Waals surface area contributed by atoms with Gasteiger partial charge in [-0.1, -0.05) is 41.9 Å². The van der Waals surface area contributed by atoms with Gasteiger partial charge in [0.1, 0.15) is 5.75 Å². The maximum Gasteiger partial charge on any atom is 0.200 e. The Labute approximate surface area is 154 Å². The average molecular weight is 368 g/mol. The summed E-state index contributed by atoms with van der Waals surface area (Å²) >= 11 is 11.8. The van der Waals surface area contributed by atoms with Crippen LogP contribution in [0.3, 0.4) is 0 Å². The normalized spacial score (nSPS) is 11.1. The zero-order chi connectivity index (χ0) is 17.6. The summed E-state index contributed by atoms with van der Waals surface area (Å²) in [6, 6.07) is 17.1. The molecule has 0 bridgehead atoms. The van der Waals surface area contributed by atoms with E-state index >= 15 is 0 Å². The molecule has 0 aliphatic rings. The number of phenols is 1. The van der Waals surface area contributed by atoms with Gasteiger partial charge in [-0.15, -0.1) is 0 Å². The van der Waals surface area contributed by atoms with Gasteiger partial charge in [-0.3, -0.25) is 9.67 Å². The van der Waals surface area contributed by atoms with E-state index in [1.807, 2.05) is 60.0 Å². The van der Waals surface area contributed by atoms with E-state index in [2.05, 4.69) is 10.2 Å². The van der Waals surface area contributed by atoms with Gasteiger partial charge < -0.3 is 5.11 Å². The van der Waals surface area contributed by atoms with Crippen LogP contribution in [0, 0.1) is 11.7 Å². The molecule has 0 radical (unpaired) electrons. The number of nitrogens with zero attached hydrogens (tertiary/aromatic N) is 2. The fourth-order valence-corrected chi connectivity index (χ4v) is 3.43. The Kier molecular flexibility index (Phi) is 3.82. The van der Waals surface area contributed by atoms with Crippen molar-refractivity contribution in [2.24, 2.45) is 0 Å². The van der Waals surface area contributed by atoms with Crippen LogP contribution in [0.4, 0.5) is 0 Å². The third kappa shape index (κ3) is 2.62. The molecule has 3 aromatic carbocycles. The highest BCUT2D eigenvalue weighted by atomic mass is 35.5. The highest BCUT2D eigenvalue weighted by molar-refractivity contribution is 7.71. The van der Waals surface area contributed by atoms with Crippen LogP contribution < -0.4 is 0 Å². The third-order valence-electron chi connectivity index (χ3n) is 4.16. The Morgan fingerprint density at radius 3 is 2.60 bits per heavy atom. The van der Waals surface area contributed by atoms with Crippen LogP contribution in [0.2, 0.25) is 5.02 Å². The first-order valence-corrected chi connectivity index (χ1v) is 8.50. The molecule has 4 nitrogen and oxygen atoms in total. The molecular weight excluding hydrogens is 354 g/mol. The van der Waals surface area contributed by atoms with E-state index in [-0.39, 0.29) is 5.75 Å². The number of fused-ring (bicyclic) bond motifs is 1. The molecule has 2 N–H and O–H groups in total. The standard InChI is InChI=1S/C19H14ClN3OS/c1-11-6-7-14(17(24)10-11)18-21-22-19(25)23(18)16-9-8-15(20)12-4-2-3-5-13(12)16/h2-10,24H,1H3,(H,22,25). The molecule has 0 fully saturated rings. The number of aryl methyl sites for hydroxylation is 1. The van der Waals surface area contributed by atoms with Gasteiger partial charge in [-0.2, -0.15) is 5.10 Å². The Bertz CT molecular complexity index is 1160. The molecule has 0 saturated carbocycles. The molecule has 1 heterocycles. The summed E-state index contributed by atoms with van der Waals surface area (Å²) in [5, 5.41) is 20.1. The maximum absolute atomic E-state index is 10.4. The zero-order valence-electron chi connectivity index (χ0n) is 13.3. The quantitative estimate of drug-likeness (QED) is 0.465. The summed E-state index contributed by atoms with van der Waals surface area (Å²) in [5.41, 5.74) is 2.43. The Hall–Kier alpha value is -2.63. The van der Waals surface area contributed by atoms with Crippen molar-refractivity contribution in [3.63, 3.8) is 0 Å². The van der Waals surface area contributed by atoms with Crippen molar-refractivity contribution >= 4 is 34.6 Å². The lowest BCUT2D eigenvalue weighted by Crippen LogP contribution is -1.99. The minimum atomic E-state index is 0.161. The van der Waals surface area contributed by atoms with Crippen LogP contribution in [-0.4, -0.2) is 19.9 Å². The lowest BCUT2D eigenvalue weighted by molar-refractivity contribution is 0.476. The number of aromatic amines is 1. The van der Waals surface area contributed by atoms with E-state index in [1.165, 1.54) is 0 Å². The summed E-state index contributed by atoms with van der Waals surface area (Å²) in [4.78, 5) is 0. The molecular formula is C19H14ClN3OS. The Morgan fingerprint density at radius 2 is 1.84 bits per heavy atom. The van der Waals surface area contributed by atoms with E-state index in [0.29, 0.717) is 21.2 Å². The van der Waals surface area contributed by atoms with E-state index < -0.39 is 0 Å². The predicted octanol–water partition coefficient (Wildman–Crippen LogP) is 5.42. The number of nitrogens with one attached hydrogen (secondary N) is 1. The highest BCUT2D eigenvalue weighted by Gasteiger charge is 2.16. The molecule has 0 amide bonds. The predicted molar refractivity (Wildman–Crippen MR) is 103 cm³/mol. The molecule has 124 valence electrons. The molecule has 0 atom stereocenters. The van der Waals surface area contributed by atoms with Crippen LogP contribution in [0.1, 0.15) is 5.56 Å². The highest BCUT2D eigenvalue weighted by Crippen LogP contribution is 2.34. The number of halogens is 1. The molecule has 0 spiro atoms. The number of hydrogen-bond acceptors (Lipinski definition) is 3. The molecule has 6 heteroatoms. The van der Waals surface area contributed by atoms with E-state index in [9.17, 15) is 5.11 Å². The Balaban J connectivity index is 2.04. The fourth-order valence-electron chi connectivity index (χ4n) is 2.97. The molecule has 0 aliphatic carbocycles. The zero-order valence-corrected chi connectivity index (χ0v) is 14.9. The number of aromatic hydroxyl groups is 1. The summed E-state index contributed by atoms with van der Waals surface area (Å²) in [5.74, 6) is 0.712. The largest absolute Gasteiger partial charge is 0.507 e. The maximum atomic E-state index is 10.4. The number of phenolic OH excluding ortho intramolecular Hbond substituents is 1. The molecule has 0 aliphatic heterocycles. The third-order valence-corrected chi connectivity index (χ3v) is 4.76. The van der Waals surface area contributed by atoms with Crippen LogP contribution in [-0.2, 0) is 0 Å². The van der Waals surface area contributed by atoms with Gasteiger partial charge in [0.2, 0.25) is 0 Å². The second kappa shape index (κ2) is 6.02. The summed E-state index contributed by atoms with van der Waals surface area (Å²) in [7, 11) is 0.